The number of hydrogen-bond donors (Lipinski definition) is 1. The van der Waals surface area contributed by atoms with Crippen LogP contribution >= 0.6 is 0 Å². The van der Waals surface area contributed by atoms with E-state index >= 15 is 0 Å². The number of aromatic nitrogens is 1. The SMILES string of the molecule is CCN1CC[C@@]2(CCC1=O)C[C@H](NC(=O)c1ccncc1)c1ccccc1O2. The number of para-hydroxylation sites is 1. The molecule has 0 saturated carbocycles. The molecule has 6 heteroatoms. The highest BCUT2D eigenvalue weighted by molar-refractivity contribution is 5.94. The molecule has 1 saturated heterocycles. The molecule has 0 radical (unpaired) electrons. The van der Waals surface area contributed by atoms with Crippen molar-refractivity contribution in [3.05, 3.63) is 59.9 Å². The van der Waals surface area contributed by atoms with Gasteiger partial charge in [-0.05, 0) is 31.5 Å². The molecule has 6 nitrogen and oxygen atoms in total. The van der Waals surface area contributed by atoms with Gasteiger partial charge in [-0.3, -0.25) is 14.6 Å². The summed E-state index contributed by atoms with van der Waals surface area (Å²) in [5.74, 6) is 0.851. The number of pyridine rings is 1. The molecular weight excluding hydrogens is 354 g/mol. The van der Waals surface area contributed by atoms with Crippen LogP contribution in [-0.4, -0.2) is 40.4 Å². The van der Waals surface area contributed by atoms with Gasteiger partial charge in [0.05, 0.1) is 6.04 Å². The number of ether oxygens (including phenoxy) is 1. The third-order valence-corrected chi connectivity index (χ3v) is 5.81. The van der Waals surface area contributed by atoms with Gasteiger partial charge in [0.1, 0.15) is 11.4 Å². The van der Waals surface area contributed by atoms with Gasteiger partial charge in [0.25, 0.3) is 5.91 Å². The fourth-order valence-corrected chi connectivity index (χ4v) is 4.21. The Morgan fingerprint density at radius 1 is 1.25 bits per heavy atom. The predicted molar refractivity (Wildman–Crippen MR) is 105 cm³/mol. The Morgan fingerprint density at radius 2 is 2.04 bits per heavy atom. The zero-order chi connectivity index (χ0) is 19.6. The van der Waals surface area contributed by atoms with Gasteiger partial charge in [0, 0.05) is 55.9 Å². The molecule has 1 spiro atoms. The highest BCUT2D eigenvalue weighted by Gasteiger charge is 2.43. The Morgan fingerprint density at radius 3 is 2.82 bits per heavy atom. The van der Waals surface area contributed by atoms with Crippen LogP contribution in [0.25, 0.3) is 0 Å². The lowest BCUT2D eigenvalue weighted by atomic mass is 9.82. The zero-order valence-electron chi connectivity index (χ0n) is 16.1. The lowest BCUT2D eigenvalue weighted by molar-refractivity contribution is -0.130. The van der Waals surface area contributed by atoms with E-state index in [1.807, 2.05) is 36.1 Å². The van der Waals surface area contributed by atoms with Gasteiger partial charge in [-0.2, -0.15) is 0 Å². The molecule has 2 amide bonds. The minimum atomic E-state index is -0.440. The lowest BCUT2D eigenvalue weighted by Crippen LogP contribution is -2.46. The minimum Gasteiger partial charge on any atom is -0.487 e. The van der Waals surface area contributed by atoms with E-state index in [0.717, 1.165) is 17.7 Å². The summed E-state index contributed by atoms with van der Waals surface area (Å²) in [4.78, 5) is 31.0. The van der Waals surface area contributed by atoms with Gasteiger partial charge < -0.3 is 15.0 Å². The van der Waals surface area contributed by atoms with Crippen molar-refractivity contribution in [2.24, 2.45) is 0 Å². The molecule has 2 aliphatic rings. The smallest absolute Gasteiger partial charge is 0.251 e. The molecule has 3 heterocycles. The first-order valence-electron chi connectivity index (χ1n) is 9.87. The average Bonchev–Trinajstić information content (AvgIpc) is 2.87. The van der Waals surface area contributed by atoms with Crippen molar-refractivity contribution < 1.29 is 14.3 Å². The summed E-state index contributed by atoms with van der Waals surface area (Å²) < 4.78 is 6.46. The van der Waals surface area contributed by atoms with Crippen molar-refractivity contribution in [1.29, 1.82) is 0 Å². The van der Waals surface area contributed by atoms with Crippen molar-refractivity contribution in [3.63, 3.8) is 0 Å². The van der Waals surface area contributed by atoms with Crippen LogP contribution < -0.4 is 10.1 Å². The predicted octanol–water partition coefficient (Wildman–Crippen LogP) is 3.11. The number of amides is 2. The number of carbonyl (C=O) groups excluding carboxylic acids is 2. The van der Waals surface area contributed by atoms with E-state index in [2.05, 4.69) is 10.3 Å². The van der Waals surface area contributed by atoms with E-state index in [0.29, 0.717) is 37.9 Å². The second-order valence-electron chi connectivity index (χ2n) is 7.51. The first-order chi connectivity index (χ1) is 13.6. The van der Waals surface area contributed by atoms with E-state index in [1.54, 1.807) is 24.5 Å². The van der Waals surface area contributed by atoms with Crippen LogP contribution in [0.2, 0.25) is 0 Å². The molecule has 2 aliphatic heterocycles. The van der Waals surface area contributed by atoms with Crippen molar-refractivity contribution in [3.8, 4) is 5.75 Å². The van der Waals surface area contributed by atoms with Crippen molar-refractivity contribution in [1.82, 2.24) is 15.2 Å². The fraction of sp³-hybridized carbons (Fsp3) is 0.409. The highest BCUT2D eigenvalue weighted by atomic mass is 16.5. The third kappa shape index (κ3) is 3.59. The first-order valence-corrected chi connectivity index (χ1v) is 9.87. The molecular formula is C22H25N3O3. The minimum absolute atomic E-state index is 0.126. The number of carbonyl (C=O) groups is 2. The quantitative estimate of drug-likeness (QED) is 0.890. The summed E-state index contributed by atoms with van der Waals surface area (Å²) >= 11 is 0. The molecule has 1 N–H and O–H groups in total. The van der Waals surface area contributed by atoms with Gasteiger partial charge in [-0.15, -0.1) is 0 Å². The van der Waals surface area contributed by atoms with Crippen LogP contribution in [0.1, 0.15) is 54.6 Å². The van der Waals surface area contributed by atoms with Crippen molar-refractivity contribution >= 4 is 11.8 Å². The topological polar surface area (TPSA) is 71.5 Å². The van der Waals surface area contributed by atoms with Crippen LogP contribution in [-0.2, 0) is 4.79 Å². The summed E-state index contributed by atoms with van der Waals surface area (Å²) in [6.07, 6.45) is 5.79. The lowest BCUT2D eigenvalue weighted by Gasteiger charge is -2.42. The van der Waals surface area contributed by atoms with Gasteiger partial charge in [-0.25, -0.2) is 0 Å². The molecule has 4 rings (SSSR count). The Balaban J connectivity index is 1.61. The first kappa shape index (κ1) is 18.5. The second kappa shape index (κ2) is 7.62. The maximum absolute atomic E-state index is 12.8. The highest BCUT2D eigenvalue weighted by Crippen LogP contribution is 2.44. The van der Waals surface area contributed by atoms with Crippen molar-refractivity contribution in [2.75, 3.05) is 13.1 Å². The zero-order valence-corrected chi connectivity index (χ0v) is 16.1. The van der Waals surface area contributed by atoms with Crippen LogP contribution in [0.5, 0.6) is 5.75 Å². The van der Waals surface area contributed by atoms with E-state index in [4.69, 9.17) is 4.74 Å². The Hall–Kier alpha value is -2.89. The Labute approximate surface area is 164 Å². The molecule has 1 aromatic carbocycles. The normalized spacial score (nSPS) is 24.2. The molecule has 146 valence electrons. The fourth-order valence-electron chi connectivity index (χ4n) is 4.21. The number of likely N-dealkylation sites (tertiary alicyclic amines) is 1. The van der Waals surface area contributed by atoms with Gasteiger partial charge >= 0.3 is 0 Å². The molecule has 0 bridgehead atoms. The summed E-state index contributed by atoms with van der Waals surface area (Å²) in [6, 6.07) is 11.1. The number of rotatable bonds is 3. The molecule has 1 aromatic heterocycles. The Kier molecular flexibility index (Phi) is 5.03. The van der Waals surface area contributed by atoms with Crippen molar-refractivity contribution in [2.45, 2.75) is 44.2 Å². The summed E-state index contributed by atoms with van der Waals surface area (Å²) in [5, 5.41) is 3.17. The van der Waals surface area contributed by atoms with E-state index in [-0.39, 0.29) is 17.9 Å². The third-order valence-electron chi connectivity index (χ3n) is 5.81. The number of nitrogens with zero attached hydrogens (tertiary/aromatic N) is 2. The number of benzene rings is 1. The maximum Gasteiger partial charge on any atom is 0.251 e. The van der Waals surface area contributed by atoms with E-state index in [9.17, 15) is 9.59 Å². The molecule has 2 atom stereocenters. The van der Waals surface area contributed by atoms with Crippen LogP contribution in [0.3, 0.4) is 0 Å². The molecule has 28 heavy (non-hydrogen) atoms. The van der Waals surface area contributed by atoms with Gasteiger partial charge in [-0.1, -0.05) is 18.2 Å². The standard InChI is InChI=1S/C22H25N3O3/c1-2-25-14-11-22(10-7-20(25)26)15-18(17-5-3-4-6-19(17)28-22)24-21(27)16-8-12-23-13-9-16/h3-6,8-9,12-13,18H,2,7,10-11,14-15H2,1H3,(H,24,27)/t18-,22-/m0/s1. The second-order valence-corrected chi connectivity index (χ2v) is 7.51. The molecule has 0 unspecified atom stereocenters. The molecule has 0 aliphatic carbocycles. The number of nitrogens with one attached hydrogen (secondary N) is 1. The van der Waals surface area contributed by atoms with E-state index < -0.39 is 5.60 Å². The summed E-state index contributed by atoms with van der Waals surface area (Å²) in [7, 11) is 0. The maximum atomic E-state index is 12.8. The van der Waals surface area contributed by atoms with Gasteiger partial charge in [0.2, 0.25) is 5.91 Å². The largest absolute Gasteiger partial charge is 0.487 e. The summed E-state index contributed by atoms with van der Waals surface area (Å²) in [6.45, 7) is 3.40. The van der Waals surface area contributed by atoms with Crippen LogP contribution in [0.15, 0.2) is 48.8 Å². The molecule has 2 aromatic rings. The summed E-state index contributed by atoms with van der Waals surface area (Å²) in [5.41, 5.74) is 1.13. The monoisotopic (exact) mass is 379 g/mol. The number of fused-ring (bicyclic) bond motifs is 1. The Bertz CT molecular complexity index is 870. The van der Waals surface area contributed by atoms with Crippen LogP contribution in [0, 0.1) is 0 Å². The van der Waals surface area contributed by atoms with Gasteiger partial charge in [0.15, 0.2) is 0 Å². The van der Waals surface area contributed by atoms with E-state index in [1.165, 1.54) is 0 Å². The average molecular weight is 379 g/mol. The van der Waals surface area contributed by atoms with Crippen LogP contribution in [0.4, 0.5) is 0 Å². The number of hydrogen-bond acceptors (Lipinski definition) is 4. The molecule has 1 fully saturated rings.